The van der Waals surface area contributed by atoms with Crippen LogP contribution in [0.4, 0.5) is 5.69 Å². The van der Waals surface area contributed by atoms with Crippen molar-refractivity contribution in [2.24, 2.45) is 0 Å². The topological polar surface area (TPSA) is 66.5 Å². The summed E-state index contributed by atoms with van der Waals surface area (Å²) >= 11 is 0. The van der Waals surface area contributed by atoms with Crippen molar-refractivity contribution in [2.45, 2.75) is 63.5 Å². The molecule has 0 spiro atoms. The van der Waals surface area contributed by atoms with Crippen LogP contribution in [0.3, 0.4) is 0 Å². The third-order valence-electron chi connectivity index (χ3n) is 7.16. The van der Waals surface area contributed by atoms with Gasteiger partial charge in [0.15, 0.2) is 9.84 Å². The van der Waals surface area contributed by atoms with Crippen LogP contribution in [0.2, 0.25) is 0 Å². The van der Waals surface area contributed by atoms with Crippen LogP contribution in [0, 0.1) is 0 Å². The molecule has 1 saturated heterocycles. The van der Waals surface area contributed by atoms with Crippen molar-refractivity contribution in [1.29, 1.82) is 0 Å². The van der Waals surface area contributed by atoms with Crippen LogP contribution < -0.4 is 5.32 Å². The molecule has 1 unspecified atom stereocenters. The molecule has 160 valence electrons. The lowest BCUT2D eigenvalue weighted by Gasteiger charge is -2.38. The van der Waals surface area contributed by atoms with Crippen LogP contribution in [0.5, 0.6) is 0 Å². The van der Waals surface area contributed by atoms with Gasteiger partial charge in [-0.25, -0.2) is 8.42 Å². The number of anilines is 1. The van der Waals surface area contributed by atoms with E-state index < -0.39 is 9.84 Å². The third-order valence-corrected chi connectivity index (χ3v) is 8.92. The first-order valence-electron chi connectivity index (χ1n) is 11.3. The van der Waals surface area contributed by atoms with E-state index in [0.717, 1.165) is 44.2 Å². The van der Waals surface area contributed by atoms with Gasteiger partial charge >= 0.3 is 0 Å². The molecular weight excluding hydrogens is 396 g/mol. The molecule has 1 heterocycles. The molecule has 1 N–H and O–H groups in total. The average molecular weight is 427 g/mol. The van der Waals surface area contributed by atoms with Crippen molar-refractivity contribution in [3.8, 4) is 0 Å². The Kier molecular flexibility index (Phi) is 5.21. The Morgan fingerprint density at radius 3 is 2.47 bits per heavy atom. The van der Waals surface area contributed by atoms with Crippen LogP contribution in [-0.2, 0) is 27.5 Å². The maximum absolute atomic E-state index is 13.4. The second-order valence-corrected chi connectivity index (χ2v) is 11.3. The van der Waals surface area contributed by atoms with Gasteiger partial charge in [-0.15, -0.1) is 0 Å². The van der Waals surface area contributed by atoms with Gasteiger partial charge in [0.2, 0.25) is 5.91 Å². The first-order chi connectivity index (χ1) is 14.5. The number of carbonyl (C=O) groups is 1. The smallest absolute Gasteiger partial charge is 0.242 e. The number of hydrogen-bond donors (Lipinski definition) is 1. The number of sulfone groups is 1. The van der Waals surface area contributed by atoms with Gasteiger partial charge in [-0.2, -0.15) is 0 Å². The molecular formula is C24H30N2O3S. The number of amides is 1. The maximum atomic E-state index is 13.4. The standard InChI is InChI=1S/C24H30N2O3S/c27-23(26(19-6-2-1-3-7-19)20-13-14-30(28,29)16-20)15-25-22-12-11-18-10-9-17-5-4-8-21(22)24(17)18/h4-5,8,11-12,19-20,25H,1-3,6-7,9-10,13-16H2. The molecule has 30 heavy (non-hydrogen) atoms. The Morgan fingerprint density at radius 2 is 1.73 bits per heavy atom. The zero-order valence-corrected chi connectivity index (χ0v) is 18.2. The molecule has 2 fully saturated rings. The van der Waals surface area contributed by atoms with Crippen LogP contribution in [0.1, 0.15) is 49.7 Å². The lowest BCUT2D eigenvalue weighted by atomic mass is 9.93. The van der Waals surface area contributed by atoms with E-state index >= 15 is 0 Å². The molecule has 5 nitrogen and oxygen atoms in total. The van der Waals surface area contributed by atoms with Crippen molar-refractivity contribution in [2.75, 3.05) is 23.4 Å². The van der Waals surface area contributed by atoms with Gasteiger partial charge in [-0.3, -0.25) is 4.79 Å². The molecule has 1 atom stereocenters. The second-order valence-electron chi connectivity index (χ2n) is 9.12. The summed E-state index contributed by atoms with van der Waals surface area (Å²) in [4.78, 5) is 15.3. The molecule has 0 radical (unpaired) electrons. The highest BCUT2D eigenvalue weighted by atomic mass is 32.2. The first-order valence-corrected chi connectivity index (χ1v) is 13.1. The van der Waals surface area contributed by atoms with Crippen molar-refractivity contribution in [3.63, 3.8) is 0 Å². The number of nitrogens with zero attached hydrogens (tertiary/aromatic N) is 1. The highest BCUT2D eigenvalue weighted by molar-refractivity contribution is 7.91. The fourth-order valence-corrected chi connectivity index (χ4v) is 7.43. The molecule has 2 aromatic carbocycles. The Labute approximate surface area is 178 Å². The highest BCUT2D eigenvalue weighted by Gasteiger charge is 2.38. The molecule has 2 aliphatic carbocycles. The van der Waals surface area contributed by atoms with E-state index in [4.69, 9.17) is 0 Å². The summed E-state index contributed by atoms with van der Waals surface area (Å²) in [7, 11) is -3.03. The molecule has 5 rings (SSSR count). The first kappa shape index (κ1) is 19.9. The average Bonchev–Trinajstić information content (AvgIpc) is 3.33. The lowest BCUT2D eigenvalue weighted by Crippen LogP contribution is -2.50. The maximum Gasteiger partial charge on any atom is 0.242 e. The summed E-state index contributed by atoms with van der Waals surface area (Å²) in [5.74, 6) is 0.361. The lowest BCUT2D eigenvalue weighted by molar-refractivity contribution is -0.134. The summed E-state index contributed by atoms with van der Waals surface area (Å²) < 4.78 is 24.2. The second kappa shape index (κ2) is 7.88. The Balaban J connectivity index is 1.37. The molecule has 0 bridgehead atoms. The SMILES string of the molecule is O=C(CNc1ccc2c3c(cccc13)CC2)N(C1CCCCC1)C1CCS(=O)(=O)C1. The van der Waals surface area contributed by atoms with Gasteiger partial charge in [-0.05, 0) is 54.7 Å². The number of aryl methyl sites for hydroxylation is 2. The van der Waals surface area contributed by atoms with Crippen LogP contribution in [-0.4, -0.2) is 49.4 Å². The van der Waals surface area contributed by atoms with E-state index in [1.165, 1.54) is 28.3 Å². The number of benzene rings is 2. The summed E-state index contributed by atoms with van der Waals surface area (Å²) in [5, 5.41) is 5.91. The summed E-state index contributed by atoms with van der Waals surface area (Å²) in [5.41, 5.74) is 3.77. The molecule has 1 saturated carbocycles. The van der Waals surface area contributed by atoms with Gasteiger partial charge in [0, 0.05) is 23.2 Å². The summed E-state index contributed by atoms with van der Waals surface area (Å²) in [6.07, 6.45) is 8.17. The fourth-order valence-electron chi connectivity index (χ4n) is 5.72. The molecule has 6 heteroatoms. The van der Waals surface area contributed by atoms with Crippen molar-refractivity contribution in [1.82, 2.24) is 4.90 Å². The Bertz CT molecular complexity index is 1060. The largest absolute Gasteiger partial charge is 0.376 e. The molecule has 0 aromatic heterocycles. The highest BCUT2D eigenvalue weighted by Crippen LogP contribution is 2.35. The number of hydrogen-bond acceptors (Lipinski definition) is 4. The fraction of sp³-hybridized carbons (Fsp3) is 0.542. The van der Waals surface area contributed by atoms with Gasteiger partial charge in [-0.1, -0.05) is 43.5 Å². The van der Waals surface area contributed by atoms with E-state index in [1.807, 2.05) is 4.90 Å². The molecule has 2 aromatic rings. The van der Waals surface area contributed by atoms with Crippen LogP contribution in [0.25, 0.3) is 10.8 Å². The van der Waals surface area contributed by atoms with Crippen molar-refractivity contribution in [3.05, 3.63) is 41.5 Å². The zero-order chi connectivity index (χ0) is 20.7. The number of carbonyl (C=O) groups excluding carboxylic acids is 1. The van der Waals surface area contributed by atoms with Crippen LogP contribution >= 0.6 is 0 Å². The number of nitrogens with one attached hydrogen (secondary N) is 1. The van der Waals surface area contributed by atoms with Gasteiger partial charge in [0.05, 0.1) is 18.1 Å². The Morgan fingerprint density at radius 1 is 0.967 bits per heavy atom. The number of rotatable bonds is 5. The predicted molar refractivity (Wildman–Crippen MR) is 121 cm³/mol. The monoisotopic (exact) mass is 426 g/mol. The minimum Gasteiger partial charge on any atom is -0.376 e. The van der Waals surface area contributed by atoms with Crippen molar-refractivity contribution >= 4 is 32.2 Å². The normalized spacial score (nSPS) is 23.0. The van der Waals surface area contributed by atoms with Gasteiger partial charge in [0.25, 0.3) is 0 Å². The quantitative estimate of drug-likeness (QED) is 0.792. The molecule has 1 amide bonds. The van der Waals surface area contributed by atoms with E-state index in [1.54, 1.807) is 0 Å². The minimum atomic E-state index is -3.03. The predicted octanol–water partition coefficient (Wildman–Crippen LogP) is 3.70. The van der Waals surface area contributed by atoms with E-state index in [0.29, 0.717) is 6.42 Å². The third kappa shape index (κ3) is 3.70. The van der Waals surface area contributed by atoms with E-state index in [2.05, 4.69) is 35.6 Å². The summed E-state index contributed by atoms with van der Waals surface area (Å²) in [6.45, 7) is 0.214. The van der Waals surface area contributed by atoms with Gasteiger partial charge in [0.1, 0.15) is 0 Å². The molecule has 3 aliphatic rings. The van der Waals surface area contributed by atoms with Gasteiger partial charge < -0.3 is 10.2 Å². The van der Waals surface area contributed by atoms with E-state index in [-0.39, 0.29) is 36.0 Å². The zero-order valence-electron chi connectivity index (χ0n) is 17.4. The molecule has 1 aliphatic heterocycles. The van der Waals surface area contributed by atoms with Crippen molar-refractivity contribution < 1.29 is 13.2 Å². The summed E-state index contributed by atoms with van der Waals surface area (Å²) in [6, 6.07) is 10.7. The van der Waals surface area contributed by atoms with Crippen LogP contribution in [0.15, 0.2) is 30.3 Å². The minimum absolute atomic E-state index is 0.0345. The Hall–Kier alpha value is -2.08. The van der Waals surface area contributed by atoms with E-state index in [9.17, 15) is 13.2 Å².